The second-order valence-corrected chi connectivity index (χ2v) is 10.1. The first-order valence-electron chi connectivity index (χ1n) is 11.8. The van der Waals surface area contributed by atoms with Crippen molar-refractivity contribution in [3.05, 3.63) is 83.2 Å². The van der Waals surface area contributed by atoms with Crippen molar-refractivity contribution in [1.29, 1.82) is 5.26 Å². The summed E-state index contributed by atoms with van der Waals surface area (Å²) < 4.78 is 14.1. The number of nitrogens with one attached hydrogen (secondary N) is 1. The first-order valence-corrected chi connectivity index (χ1v) is 12.7. The van der Waals surface area contributed by atoms with Crippen molar-refractivity contribution in [3.63, 3.8) is 0 Å². The van der Waals surface area contributed by atoms with Crippen LogP contribution in [0.4, 0.5) is 14.9 Å². The predicted octanol–water partition coefficient (Wildman–Crippen LogP) is 6.07. The summed E-state index contributed by atoms with van der Waals surface area (Å²) in [7, 11) is 0. The van der Waals surface area contributed by atoms with Crippen LogP contribution in [0.1, 0.15) is 42.4 Å². The molecule has 35 heavy (non-hydrogen) atoms. The number of rotatable bonds is 5. The van der Waals surface area contributed by atoms with Crippen LogP contribution in [-0.2, 0) is 18.4 Å². The van der Waals surface area contributed by atoms with Crippen molar-refractivity contribution in [2.75, 3.05) is 11.4 Å². The summed E-state index contributed by atoms with van der Waals surface area (Å²) in [5.74, 6) is -0.322. The van der Waals surface area contributed by atoms with Crippen molar-refractivity contribution in [2.24, 2.45) is 5.14 Å². The molecule has 3 aromatic carbocycles. The molecule has 1 aliphatic carbocycles. The molecule has 1 saturated carbocycles. The highest BCUT2D eigenvalue weighted by molar-refractivity contribution is 7.97. The molecule has 2 amide bonds. The summed E-state index contributed by atoms with van der Waals surface area (Å²) in [5, 5.41) is 17.9. The van der Waals surface area contributed by atoms with Crippen LogP contribution in [0.25, 0.3) is 11.1 Å². The highest BCUT2D eigenvalue weighted by atomic mass is 32.2. The molecule has 0 bridgehead atoms. The number of hydrogen-bond donors (Lipinski definition) is 2. The van der Waals surface area contributed by atoms with E-state index in [1.54, 1.807) is 6.07 Å². The molecule has 1 aliphatic heterocycles. The van der Waals surface area contributed by atoms with Gasteiger partial charge in [0.2, 0.25) is 0 Å². The Labute approximate surface area is 209 Å². The zero-order chi connectivity index (χ0) is 24.4. The minimum atomic E-state index is -0.322. The molecule has 1 fully saturated rings. The Bertz CT molecular complexity index is 1300. The van der Waals surface area contributed by atoms with E-state index < -0.39 is 0 Å². The fraction of sp³-hybridized carbons (Fsp3) is 0.286. The standard InChI is InChI=1S/C28H27FN4OS/c29-22-7-5-20(11-14-30)24(16-22)21-6-10-26-25(15-21)28(12-1-2-13-28)18-33(26)27(34)32-17-19-3-8-23(35-31)9-4-19/h3-10,15-16H,1-2,11-13,17-18,31H2,(H,32,34). The van der Waals surface area contributed by atoms with Crippen molar-refractivity contribution in [3.8, 4) is 17.2 Å². The van der Waals surface area contributed by atoms with Crippen LogP contribution in [-0.4, -0.2) is 12.6 Å². The highest BCUT2D eigenvalue weighted by Crippen LogP contribution is 2.51. The minimum absolute atomic E-state index is 0.0780. The number of nitrogens with zero attached hydrogens (tertiary/aromatic N) is 2. The number of nitriles is 1. The van der Waals surface area contributed by atoms with E-state index >= 15 is 0 Å². The molecule has 1 heterocycles. The predicted molar refractivity (Wildman–Crippen MR) is 137 cm³/mol. The molecule has 0 aromatic heterocycles. The topological polar surface area (TPSA) is 82.2 Å². The van der Waals surface area contributed by atoms with Crippen LogP contribution in [0.15, 0.2) is 65.6 Å². The minimum Gasteiger partial charge on any atom is -0.334 e. The highest BCUT2D eigenvalue weighted by Gasteiger charge is 2.46. The molecule has 5 nitrogen and oxygen atoms in total. The van der Waals surface area contributed by atoms with E-state index in [0.29, 0.717) is 13.1 Å². The van der Waals surface area contributed by atoms with E-state index in [1.807, 2.05) is 41.3 Å². The Morgan fingerprint density at radius 1 is 1.11 bits per heavy atom. The van der Waals surface area contributed by atoms with Gasteiger partial charge in [0.15, 0.2) is 0 Å². The molecule has 3 N–H and O–H groups in total. The van der Waals surface area contributed by atoms with Gasteiger partial charge >= 0.3 is 6.03 Å². The van der Waals surface area contributed by atoms with Gasteiger partial charge in [0.25, 0.3) is 0 Å². The lowest BCUT2D eigenvalue weighted by molar-refractivity contribution is 0.245. The number of hydrogen-bond acceptors (Lipinski definition) is 4. The summed E-state index contributed by atoms with van der Waals surface area (Å²) in [6.45, 7) is 1.08. The van der Waals surface area contributed by atoms with Gasteiger partial charge in [0.05, 0.1) is 12.5 Å². The Kier molecular flexibility index (Phi) is 6.50. The van der Waals surface area contributed by atoms with Gasteiger partial charge in [0.1, 0.15) is 5.82 Å². The van der Waals surface area contributed by atoms with Crippen LogP contribution < -0.4 is 15.4 Å². The second-order valence-electron chi connectivity index (χ2n) is 9.36. The molecule has 0 unspecified atom stereocenters. The third-order valence-electron chi connectivity index (χ3n) is 7.28. The van der Waals surface area contributed by atoms with Gasteiger partial charge in [-0.25, -0.2) is 9.18 Å². The molecule has 3 aromatic rings. The van der Waals surface area contributed by atoms with E-state index in [2.05, 4.69) is 17.5 Å². The number of carbonyl (C=O) groups excluding carboxylic acids is 1. The lowest BCUT2D eigenvalue weighted by Crippen LogP contribution is -2.41. The Morgan fingerprint density at radius 3 is 2.60 bits per heavy atom. The zero-order valence-corrected chi connectivity index (χ0v) is 20.2. The van der Waals surface area contributed by atoms with Crippen molar-refractivity contribution >= 4 is 23.7 Å². The van der Waals surface area contributed by atoms with Gasteiger partial charge in [-0.15, -0.1) is 0 Å². The fourth-order valence-electron chi connectivity index (χ4n) is 5.51. The van der Waals surface area contributed by atoms with Gasteiger partial charge < -0.3 is 5.32 Å². The SMILES string of the molecule is N#CCc1ccc(F)cc1-c1ccc2c(c1)C1(CCCC1)CN2C(=O)NCc1ccc(SN)cc1. The van der Waals surface area contributed by atoms with Crippen molar-refractivity contribution in [2.45, 2.75) is 49.0 Å². The van der Waals surface area contributed by atoms with Gasteiger partial charge in [-0.3, -0.25) is 10.0 Å². The molecule has 0 radical (unpaired) electrons. The quantitative estimate of drug-likeness (QED) is 0.429. The molecule has 2 aliphatic rings. The molecular weight excluding hydrogens is 459 g/mol. The maximum Gasteiger partial charge on any atom is 0.322 e. The third-order valence-corrected chi connectivity index (χ3v) is 7.83. The van der Waals surface area contributed by atoms with E-state index in [1.165, 1.54) is 24.1 Å². The smallest absolute Gasteiger partial charge is 0.322 e. The van der Waals surface area contributed by atoms with E-state index in [-0.39, 0.29) is 23.7 Å². The van der Waals surface area contributed by atoms with Crippen LogP contribution >= 0.6 is 11.9 Å². The van der Waals surface area contributed by atoms with Crippen molar-refractivity contribution in [1.82, 2.24) is 5.32 Å². The normalized spacial score (nSPS) is 15.7. The summed E-state index contributed by atoms with van der Waals surface area (Å²) in [5.41, 5.74) is 5.44. The number of benzene rings is 3. The lowest BCUT2D eigenvalue weighted by atomic mass is 9.79. The Morgan fingerprint density at radius 2 is 1.89 bits per heavy atom. The molecule has 0 saturated heterocycles. The Balaban J connectivity index is 1.45. The molecule has 1 spiro atoms. The maximum atomic E-state index is 14.1. The van der Waals surface area contributed by atoms with Gasteiger partial charge in [0, 0.05) is 29.1 Å². The van der Waals surface area contributed by atoms with Crippen LogP contribution in [0.2, 0.25) is 0 Å². The van der Waals surface area contributed by atoms with Crippen LogP contribution in [0.3, 0.4) is 0 Å². The maximum absolute atomic E-state index is 14.1. The molecule has 178 valence electrons. The largest absolute Gasteiger partial charge is 0.334 e. The molecule has 0 atom stereocenters. The van der Waals surface area contributed by atoms with Crippen molar-refractivity contribution < 1.29 is 9.18 Å². The number of fused-ring (bicyclic) bond motifs is 2. The summed E-state index contributed by atoms with van der Waals surface area (Å²) in [4.78, 5) is 16.1. The number of anilines is 1. The first-order chi connectivity index (χ1) is 17.0. The van der Waals surface area contributed by atoms with Crippen LogP contribution in [0, 0.1) is 17.1 Å². The average Bonchev–Trinajstić information content (AvgIpc) is 3.49. The summed E-state index contributed by atoms with van der Waals surface area (Å²) >= 11 is 1.20. The number of halogens is 1. The molecular formula is C28H27FN4OS. The fourth-order valence-corrected chi connectivity index (χ4v) is 5.81. The van der Waals surface area contributed by atoms with Gasteiger partial charge in [-0.2, -0.15) is 5.26 Å². The summed E-state index contributed by atoms with van der Waals surface area (Å²) in [6, 6.07) is 20.5. The molecule has 7 heteroatoms. The average molecular weight is 487 g/mol. The second kappa shape index (κ2) is 9.73. The number of amides is 2. The number of carbonyl (C=O) groups is 1. The number of nitrogens with two attached hydrogens (primary N) is 1. The summed E-state index contributed by atoms with van der Waals surface area (Å²) in [6.07, 6.45) is 4.53. The van der Waals surface area contributed by atoms with Gasteiger partial charge in [-0.1, -0.05) is 37.1 Å². The number of urea groups is 1. The Hall–Kier alpha value is -3.34. The monoisotopic (exact) mass is 486 g/mol. The van der Waals surface area contributed by atoms with E-state index in [4.69, 9.17) is 5.14 Å². The zero-order valence-electron chi connectivity index (χ0n) is 19.4. The van der Waals surface area contributed by atoms with E-state index in [0.717, 1.165) is 64.1 Å². The molecule has 5 rings (SSSR count). The third kappa shape index (κ3) is 4.52. The lowest BCUT2D eigenvalue weighted by Gasteiger charge is -2.25. The van der Waals surface area contributed by atoms with Gasteiger partial charge in [-0.05, 0) is 89.0 Å². The van der Waals surface area contributed by atoms with Crippen LogP contribution in [0.5, 0.6) is 0 Å². The van der Waals surface area contributed by atoms with E-state index in [9.17, 15) is 14.4 Å². The first kappa shape index (κ1) is 23.4.